The lowest BCUT2D eigenvalue weighted by molar-refractivity contribution is -0.128. The first-order valence-corrected chi connectivity index (χ1v) is 6.12. The van der Waals surface area contributed by atoms with Crippen LogP contribution in [0.4, 0.5) is 5.69 Å². The van der Waals surface area contributed by atoms with Gasteiger partial charge < -0.3 is 15.2 Å². The fourth-order valence-corrected chi connectivity index (χ4v) is 2.04. The second-order valence-corrected chi connectivity index (χ2v) is 4.72. The Hall–Kier alpha value is -1.97. The predicted octanol–water partition coefficient (Wildman–Crippen LogP) is 2.09. The van der Waals surface area contributed by atoms with Crippen LogP contribution in [0.15, 0.2) is 30.5 Å². The summed E-state index contributed by atoms with van der Waals surface area (Å²) in [6, 6.07) is 7.96. The molecule has 1 heterocycles. The van der Waals surface area contributed by atoms with Gasteiger partial charge in [-0.05, 0) is 30.7 Å². The number of carbonyl (C=O) groups excluding carboxylic acids is 1. The highest BCUT2D eigenvalue weighted by Crippen LogP contribution is 2.19. The van der Waals surface area contributed by atoms with E-state index in [-0.39, 0.29) is 5.91 Å². The zero-order valence-corrected chi connectivity index (χ0v) is 10.9. The first kappa shape index (κ1) is 12.5. The molecule has 0 fully saturated rings. The molecule has 1 aromatic heterocycles. The molecule has 96 valence electrons. The van der Waals surface area contributed by atoms with Crippen LogP contribution in [0.2, 0.25) is 0 Å². The number of aryl methyl sites for hydroxylation is 1. The smallest absolute Gasteiger partial charge is 0.222 e. The van der Waals surface area contributed by atoms with Gasteiger partial charge in [0.15, 0.2) is 0 Å². The Morgan fingerprint density at radius 1 is 1.33 bits per heavy atom. The highest BCUT2D eigenvalue weighted by atomic mass is 16.2. The third-order valence-electron chi connectivity index (χ3n) is 3.08. The maximum absolute atomic E-state index is 11.5. The van der Waals surface area contributed by atoms with Crippen molar-refractivity contribution in [3.05, 3.63) is 30.5 Å². The lowest BCUT2D eigenvalue weighted by atomic mass is 10.2. The van der Waals surface area contributed by atoms with Crippen LogP contribution in [0.25, 0.3) is 10.9 Å². The van der Waals surface area contributed by atoms with Gasteiger partial charge in [-0.3, -0.25) is 4.79 Å². The number of hydrogen-bond donors (Lipinski definition) is 1. The van der Waals surface area contributed by atoms with E-state index in [1.165, 1.54) is 5.52 Å². The second-order valence-electron chi connectivity index (χ2n) is 4.72. The normalized spacial score (nSPS) is 10.8. The second kappa shape index (κ2) is 5.12. The Morgan fingerprint density at radius 2 is 2.11 bits per heavy atom. The molecule has 0 unspecified atom stereocenters. The summed E-state index contributed by atoms with van der Waals surface area (Å²) in [7, 11) is 3.58. The van der Waals surface area contributed by atoms with Gasteiger partial charge in [-0.1, -0.05) is 0 Å². The van der Waals surface area contributed by atoms with Crippen molar-refractivity contribution in [2.45, 2.75) is 19.4 Å². The summed E-state index contributed by atoms with van der Waals surface area (Å²) >= 11 is 0. The van der Waals surface area contributed by atoms with Crippen molar-refractivity contribution >= 4 is 22.5 Å². The number of amides is 1. The minimum atomic E-state index is 0.177. The highest BCUT2D eigenvalue weighted by molar-refractivity contribution is 5.83. The number of carbonyl (C=O) groups is 1. The standard InChI is InChI=1S/C14H19N3O/c1-16(2)14(18)4-3-8-17-9-7-11-10-12(15)5-6-13(11)17/h5-7,9-10H,3-4,8,15H2,1-2H3. The van der Waals surface area contributed by atoms with Crippen LogP contribution in [-0.4, -0.2) is 29.5 Å². The van der Waals surface area contributed by atoms with E-state index in [0.717, 1.165) is 24.0 Å². The van der Waals surface area contributed by atoms with E-state index in [4.69, 9.17) is 5.73 Å². The Kier molecular flexibility index (Phi) is 3.55. The average Bonchev–Trinajstić information content (AvgIpc) is 2.71. The molecule has 0 saturated carbocycles. The summed E-state index contributed by atoms with van der Waals surface area (Å²) in [5.41, 5.74) is 7.70. The molecule has 0 aliphatic carbocycles. The van der Waals surface area contributed by atoms with E-state index in [9.17, 15) is 4.79 Å². The van der Waals surface area contributed by atoms with Crippen LogP contribution in [0.1, 0.15) is 12.8 Å². The van der Waals surface area contributed by atoms with Crippen molar-refractivity contribution in [2.24, 2.45) is 0 Å². The van der Waals surface area contributed by atoms with Crippen LogP contribution in [0.3, 0.4) is 0 Å². The van der Waals surface area contributed by atoms with Gasteiger partial charge in [-0.2, -0.15) is 0 Å². The quantitative estimate of drug-likeness (QED) is 0.839. The number of fused-ring (bicyclic) bond motifs is 1. The summed E-state index contributed by atoms with van der Waals surface area (Å²) < 4.78 is 2.16. The van der Waals surface area contributed by atoms with Gasteiger partial charge in [-0.25, -0.2) is 0 Å². The van der Waals surface area contributed by atoms with Gasteiger partial charge in [0.1, 0.15) is 0 Å². The van der Waals surface area contributed by atoms with Gasteiger partial charge in [0.2, 0.25) is 5.91 Å². The molecule has 0 bridgehead atoms. The highest BCUT2D eigenvalue weighted by Gasteiger charge is 2.05. The number of nitrogen functional groups attached to an aromatic ring is 1. The Bertz CT molecular complexity index is 557. The van der Waals surface area contributed by atoms with Gasteiger partial charge in [0.05, 0.1) is 0 Å². The van der Waals surface area contributed by atoms with Crippen molar-refractivity contribution in [1.29, 1.82) is 0 Å². The van der Waals surface area contributed by atoms with Gasteiger partial charge in [-0.15, -0.1) is 0 Å². The summed E-state index contributed by atoms with van der Waals surface area (Å²) in [5.74, 6) is 0.177. The third kappa shape index (κ3) is 2.64. The Morgan fingerprint density at radius 3 is 2.83 bits per heavy atom. The third-order valence-corrected chi connectivity index (χ3v) is 3.08. The van der Waals surface area contributed by atoms with E-state index in [1.807, 2.05) is 24.4 Å². The van der Waals surface area contributed by atoms with E-state index < -0.39 is 0 Å². The number of benzene rings is 1. The molecule has 0 aliphatic rings. The molecule has 0 atom stereocenters. The molecular weight excluding hydrogens is 226 g/mol. The molecular formula is C14H19N3O. The number of nitrogens with two attached hydrogens (primary N) is 1. The molecule has 2 rings (SSSR count). The van der Waals surface area contributed by atoms with Crippen LogP contribution in [0.5, 0.6) is 0 Å². The molecule has 0 radical (unpaired) electrons. The molecule has 0 spiro atoms. The van der Waals surface area contributed by atoms with Crippen LogP contribution in [0, 0.1) is 0 Å². The number of anilines is 1. The van der Waals surface area contributed by atoms with Crippen molar-refractivity contribution < 1.29 is 4.79 Å². The maximum Gasteiger partial charge on any atom is 0.222 e. The van der Waals surface area contributed by atoms with Crippen molar-refractivity contribution in [1.82, 2.24) is 9.47 Å². The molecule has 2 aromatic rings. The molecule has 0 saturated heterocycles. The first-order valence-electron chi connectivity index (χ1n) is 6.12. The van der Waals surface area contributed by atoms with Crippen molar-refractivity contribution in [3.8, 4) is 0 Å². The zero-order valence-electron chi connectivity index (χ0n) is 10.9. The van der Waals surface area contributed by atoms with Crippen molar-refractivity contribution in [3.63, 3.8) is 0 Å². The van der Waals surface area contributed by atoms with E-state index >= 15 is 0 Å². The van der Waals surface area contributed by atoms with Gasteiger partial charge in [0, 0.05) is 49.8 Å². The molecule has 18 heavy (non-hydrogen) atoms. The number of aromatic nitrogens is 1. The molecule has 2 N–H and O–H groups in total. The lowest BCUT2D eigenvalue weighted by Crippen LogP contribution is -2.21. The average molecular weight is 245 g/mol. The Balaban J connectivity index is 2.02. The fourth-order valence-electron chi connectivity index (χ4n) is 2.04. The lowest BCUT2D eigenvalue weighted by Gasteiger charge is -2.10. The maximum atomic E-state index is 11.5. The fraction of sp³-hybridized carbons (Fsp3) is 0.357. The number of hydrogen-bond acceptors (Lipinski definition) is 2. The minimum Gasteiger partial charge on any atom is -0.399 e. The summed E-state index contributed by atoms with van der Waals surface area (Å²) in [5, 5.41) is 1.15. The van der Waals surface area contributed by atoms with E-state index in [1.54, 1.807) is 19.0 Å². The SMILES string of the molecule is CN(C)C(=O)CCCn1ccc2cc(N)ccc21. The van der Waals surface area contributed by atoms with Gasteiger partial charge in [0.25, 0.3) is 0 Å². The Labute approximate surface area is 107 Å². The van der Waals surface area contributed by atoms with Crippen LogP contribution >= 0.6 is 0 Å². The molecule has 4 nitrogen and oxygen atoms in total. The topological polar surface area (TPSA) is 51.3 Å². The van der Waals surface area contributed by atoms with E-state index in [2.05, 4.69) is 10.6 Å². The van der Waals surface area contributed by atoms with Gasteiger partial charge >= 0.3 is 0 Å². The molecule has 1 amide bonds. The molecule has 0 aliphatic heterocycles. The van der Waals surface area contributed by atoms with Crippen LogP contribution in [-0.2, 0) is 11.3 Å². The van der Waals surface area contributed by atoms with Crippen LogP contribution < -0.4 is 5.73 Å². The van der Waals surface area contributed by atoms with Crippen molar-refractivity contribution in [2.75, 3.05) is 19.8 Å². The number of nitrogens with zero attached hydrogens (tertiary/aromatic N) is 2. The predicted molar refractivity (Wildman–Crippen MR) is 74.3 cm³/mol. The summed E-state index contributed by atoms with van der Waals surface area (Å²) in [6.45, 7) is 0.854. The molecule has 4 heteroatoms. The number of rotatable bonds is 4. The van der Waals surface area contributed by atoms with E-state index in [0.29, 0.717) is 6.42 Å². The minimum absolute atomic E-state index is 0.177. The first-order chi connectivity index (χ1) is 8.58. The molecule has 1 aromatic carbocycles. The largest absolute Gasteiger partial charge is 0.399 e. The monoisotopic (exact) mass is 245 g/mol. The summed E-state index contributed by atoms with van der Waals surface area (Å²) in [6.07, 6.45) is 3.48. The zero-order chi connectivity index (χ0) is 13.1. The summed E-state index contributed by atoms with van der Waals surface area (Å²) in [4.78, 5) is 13.1.